The molecule has 4 heteroatoms. The Kier molecular flexibility index (Phi) is 3.39. The summed E-state index contributed by atoms with van der Waals surface area (Å²) in [6, 6.07) is 0. The average Bonchev–Trinajstić information content (AvgIpc) is 2.23. The van der Waals surface area contributed by atoms with Crippen molar-refractivity contribution in [2.24, 2.45) is 0 Å². The molecule has 1 aromatic heterocycles. The van der Waals surface area contributed by atoms with Crippen molar-refractivity contribution in [2.75, 3.05) is 0 Å². The van der Waals surface area contributed by atoms with Gasteiger partial charge in [-0.1, -0.05) is 13.8 Å². The molecule has 1 heterocycles. The fourth-order valence-corrected chi connectivity index (χ4v) is 1.58. The average molecular weight is 222 g/mol. The van der Waals surface area contributed by atoms with Crippen LogP contribution in [0.25, 0.3) is 0 Å². The summed E-state index contributed by atoms with van der Waals surface area (Å²) in [6.45, 7) is 3.97. The Morgan fingerprint density at radius 2 is 2.25 bits per heavy atom. The van der Waals surface area contributed by atoms with E-state index in [9.17, 15) is 5.11 Å². The zero-order valence-electron chi connectivity index (χ0n) is 9.81. The standard InChI is InChI=1S/C12H18N2O2/c1-8(2)12-13-6-11(10(7-15)14-12)16-9-4-3-5-9/h6,8-9,15H,3-5,7H2,1-2H3. The fourth-order valence-electron chi connectivity index (χ4n) is 1.58. The summed E-state index contributed by atoms with van der Waals surface area (Å²) in [6.07, 6.45) is 5.39. The maximum atomic E-state index is 9.26. The summed E-state index contributed by atoms with van der Waals surface area (Å²) in [5.41, 5.74) is 0.602. The van der Waals surface area contributed by atoms with Crippen LogP contribution in [0.4, 0.5) is 0 Å². The van der Waals surface area contributed by atoms with E-state index in [2.05, 4.69) is 9.97 Å². The van der Waals surface area contributed by atoms with Gasteiger partial charge in [-0.15, -0.1) is 0 Å². The minimum absolute atomic E-state index is 0.0930. The third-order valence-electron chi connectivity index (χ3n) is 2.86. The van der Waals surface area contributed by atoms with Crippen molar-refractivity contribution in [3.8, 4) is 5.75 Å². The number of aromatic nitrogens is 2. The van der Waals surface area contributed by atoms with Crippen molar-refractivity contribution in [1.82, 2.24) is 9.97 Å². The highest BCUT2D eigenvalue weighted by atomic mass is 16.5. The van der Waals surface area contributed by atoms with Gasteiger partial charge in [0, 0.05) is 5.92 Å². The molecule has 0 bridgehead atoms. The summed E-state index contributed by atoms with van der Waals surface area (Å²) in [5, 5.41) is 9.26. The molecule has 1 N–H and O–H groups in total. The van der Waals surface area contributed by atoms with Crippen molar-refractivity contribution >= 4 is 0 Å². The molecule has 0 aliphatic heterocycles. The number of hydrogen-bond donors (Lipinski definition) is 1. The van der Waals surface area contributed by atoms with E-state index in [4.69, 9.17) is 4.74 Å². The third-order valence-corrected chi connectivity index (χ3v) is 2.86. The second kappa shape index (κ2) is 4.78. The second-order valence-electron chi connectivity index (χ2n) is 4.52. The number of ether oxygens (including phenoxy) is 1. The topological polar surface area (TPSA) is 55.2 Å². The van der Waals surface area contributed by atoms with Gasteiger partial charge >= 0.3 is 0 Å². The number of hydrogen-bond acceptors (Lipinski definition) is 4. The van der Waals surface area contributed by atoms with Gasteiger partial charge in [0.05, 0.1) is 18.9 Å². The number of nitrogens with zero attached hydrogens (tertiary/aromatic N) is 2. The smallest absolute Gasteiger partial charge is 0.161 e. The predicted octanol–water partition coefficient (Wildman–Crippen LogP) is 2.02. The Bertz CT molecular complexity index is 362. The molecule has 16 heavy (non-hydrogen) atoms. The van der Waals surface area contributed by atoms with Crippen LogP contribution >= 0.6 is 0 Å². The minimum atomic E-state index is -0.0930. The van der Waals surface area contributed by atoms with Gasteiger partial charge in [-0.3, -0.25) is 0 Å². The minimum Gasteiger partial charge on any atom is -0.487 e. The maximum Gasteiger partial charge on any atom is 0.161 e. The summed E-state index contributed by atoms with van der Waals surface area (Å²) < 4.78 is 5.72. The number of rotatable bonds is 4. The Balaban J connectivity index is 2.16. The molecule has 0 aromatic carbocycles. The van der Waals surface area contributed by atoms with Gasteiger partial charge in [0.25, 0.3) is 0 Å². The van der Waals surface area contributed by atoms with Gasteiger partial charge in [-0.05, 0) is 19.3 Å². The van der Waals surface area contributed by atoms with E-state index in [-0.39, 0.29) is 12.5 Å². The monoisotopic (exact) mass is 222 g/mol. The first kappa shape index (κ1) is 11.3. The van der Waals surface area contributed by atoms with E-state index in [1.165, 1.54) is 6.42 Å². The largest absolute Gasteiger partial charge is 0.487 e. The molecule has 2 rings (SSSR count). The second-order valence-corrected chi connectivity index (χ2v) is 4.52. The summed E-state index contributed by atoms with van der Waals surface area (Å²) >= 11 is 0. The van der Waals surface area contributed by atoms with Crippen molar-refractivity contribution < 1.29 is 9.84 Å². The van der Waals surface area contributed by atoms with Gasteiger partial charge in [-0.2, -0.15) is 0 Å². The van der Waals surface area contributed by atoms with Gasteiger partial charge in [0.15, 0.2) is 5.75 Å². The summed E-state index contributed by atoms with van der Waals surface area (Å²) in [7, 11) is 0. The molecule has 0 saturated heterocycles. The molecule has 0 atom stereocenters. The Morgan fingerprint density at radius 1 is 1.50 bits per heavy atom. The summed E-state index contributed by atoms with van der Waals surface area (Å²) in [4.78, 5) is 8.57. The molecule has 0 amide bonds. The maximum absolute atomic E-state index is 9.26. The lowest BCUT2D eigenvalue weighted by Gasteiger charge is -2.27. The van der Waals surface area contributed by atoms with Crippen LogP contribution in [0.15, 0.2) is 6.20 Å². The lowest BCUT2D eigenvalue weighted by Crippen LogP contribution is -2.25. The third kappa shape index (κ3) is 2.32. The molecule has 0 unspecified atom stereocenters. The summed E-state index contributed by atoms with van der Waals surface area (Å²) in [5.74, 6) is 1.66. The first-order valence-electron chi connectivity index (χ1n) is 5.84. The first-order valence-corrected chi connectivity index (χ1v) is 5.84. The van der Waals surface area contributed by atoms with Crippen molar-refractivity contribution in [3.63, 3.8) is 0 Å². The molecule has 4 nitrogen and oxygen atoms in total. The van der Waals surface area contributed by atoms with Crippen LogP contribution in [0.5, 0.6) is 5.75 Å². The van der Waals surface area contributed by atoms with Crippen LogP contribution in [0, 0.1) is 0 Å². The Morgan fingerprint density at radius 3 is 2.75 bits per heavy atom. The fraction of sp³-hybridized carbons (Fsp3) is 0.667. The van der Waals surface area contributed by atoms with Crippen LogP contribution in [-0.2, 0) is 6.61 Å². The molecule has 1 aliphatic rings. The Labute approximate surface area is 95.7 Å². The SMILES string of the molecule is CC(C)c1ncc(OC2CCC2)c(CO)n1. The molecule has 1 aromatic rings. The Hall–Kier alpha value is -1.16. The van der Waals surface area contributed by atoms with E-state index in [0.29, 0.717) is 17.5 Å². The number of aliphatic hydroxyl groups excluding tert-OH is 1. The van der Waals surface area contributed by atoms with E-state index >= 15 is 0 Å². The van der Waals surface area contributed by atoms with Gasteiger partial charge < -0.3 is 9.84 Å². The molecular weight excluding hydrogens is 204 g/mol. The van der Waals surface area contributed by atoms with Crippen LogP contribution in [-0.4, -0.2) is 21.2 Å². The molecule has 0 radical (unpaired) electrons. The molecule has 0 spiro atoms. The zero-order chi connectivity index (χ0) is 11.5. The molecule has 88 valence electrons. The van der Waals surface area contributed by atoms with Crippen molar-refractivity contribution in [3.05, 3.63) is 17.7 Å². The zero-order valence-corrected chi connectivity index (χ0v) is 9.81. The molecule has 1 aliphatic carbocycles. The molecule has 1 fully saturated rings. The van der Waals surface area contributed by atoms with Crippen molar-refractivity contribution in [2.45, 2.75) is 51.7 Å². The highest BCUT2D eigenvalue weighted by molar-refractivity contribution is 5.25. The van der Waals surface area contributed by atoms with Gasteiger partial charge in [0.2, 0.25) is 0 Å². The van der Waals surface area contributed by atoms with Gasteiger partial charge in [0.1, 0.15) is 11.5 Å². The van der Waals surface area contributed by atoms with Crippen molar-refractivity contribution in [1.29, 1.82) is 0 Å². The van der Waals surface area contributed by atoms with E-state index in [0.717, 1.165) is 18.7 Å². The van der Waals surface area contributed by atoms with Crippen LogP contribution in [0.1, 0.15) is 50.5 Å². The van der Waals surface area contributed by atoms with E-state index in [1.807, 2.05) is 13.8 Å². The van der Waals surface area contributed by atoms with Crippen LogP contribution < -0.4 is 4.74 Å². The normalized spacial score (nSPS) is 16.2. The first-order chi connectivity index (χ1) is 7.70. The van der Waals surface area contributed by atoms with Crippen LogP contribution in [0.2, 0.25) is 0 Å². The highest BCUT2D eigenvalue weighted by Gasteiger charge is 2.21. The van der Waals surface area contributed by atoms with E-state index in [1.54, 1.807) is 6.20 Å². The predicted molar refractivity (Wildman–Crippen MR) is 60.3 cm³/mol. The van der Waals surface area contributed by atoms with Crippen LogP contribution in [0.3, 0.4) is 0 Å². The lowest BCUT2D eigenvalue weighted by atomic mass is 9.96. The number of aliphatic hydroxyl groups is 1. The quantitative estimate of drug-likeness (QED) is 0.846. The van der Waals surface area contributed by atoms with E-state index < -0.39 is 0 Å². The highest BCUT2D eigenvalue weighted by Crippen LogP contribution is 2.27. The van der Waals surface area contributed by atoms with Gasteiger partial charge in [-0.25, -0.2) is 9.97 Å². The lowest BCUT2D eigenvalue weighted by molar-refractivity contribution is 0.115. The molecular formula is C12H18N2O2. The molecule has 1 saturated carbocycles.